The van der Waals surface area contributed by atoms with Gasteiger partial charge in [-0.15, -0.1) is 0 Å². The van der Waals surface area contributed by atoms with E-state index in [2.05, 4.69) is 93.6 Å². The van der Waals surface area contributed by atoms with Crippen molar-refractivity contribution < 1.29 is 0 Å². The summed E-state index contributed by atoms with van der Waals surface area (Å²) in [4.78, 5) is 0. The molecule has 4 rings (SSSR count). The molecule has 0 saturated carbocycles. The summed E-state index contributed by atoms with van der Waals surface area (Å²) in [6.45, 7) is 6.90. The third-order valence-corrected chi connectivity index (χ3v) is 5.35. The maximum absolute atomic E-state index is 2.39. The van der Waals surface area contributed by atoms with Crippen LogP contribution in [-0.4, -0.2) is 0 Å². The smallest absolute Gasteiger partial charge is 0.0435 e. The molecule has 0 atom stereocenters. The fourth-order valence-corrected chi connectivity index (χ4v) is 3.97. The van der Waals surface area contributed by atoms with E-state index in [9.17, 15) is 0 Å². The highest BCUT2D eigenvalue weighted by atomic mass is 14.4. The summed E-state index contributed by atoms with van der Waals surface area (Å²) in [6.07, 6.45) is 0. The summed E-state index contributed by atoms with van der Waals surface area (Å²) in [5.74, 6) is 0.547. The highest BCUT2D eigenvalue weighted by molar-refractivity contribution is 5.83. The number of rotatable bonds is 2. The molecular formula is C23H22. The van der Waals surface area contributed by atoms with E-state index in [-0.39, 0.29) is 5.41 Å². The van der Waals surface area contributed by atoms with Gasteiger partial charge in [-0.25, -0.2) is 0 Å². The van der Waals surface area contributed by atoms with Crippen molar-refractivity contribution in [3.8, 4) is 11.1 Å². The van der Waals surface area contributed by atoms with Crippen molar-refractivity contribution >= 4 is 0 Å². The summed E-state index contributed by atoms with van der Waals surface area (Å²) in [5, 5.41) is 0. The van der Waals surface area contributed by atoms with E-state index >= 15 is 0 Å². The van der Waals surface area contributed by atoms with Crippen molar-refractivity contribution in [3.05, 3.63) is 95.1 Å². The lowest BCUT2D eigenvalue weighted by molar-refractivity contribution is 0.709. The molecule has 0 bridgehead atoms. The molecule has 114 valence electrons. The molecular weight excluding hydrogens is 276 g/mol. The lowest BCUT2D eigenvalue weighted by Crippen LogP contribution is -2.22. The first-order valence-electron chi connectivity index (χ1n) is 8.42. The quantitative estimate of drug-likeness (QED) is 0.532. The molecule has 3 aromatic carbocycles. The van der Waals surface area contributed by atoms with Gasteiger partial charge in [0, 0.05) is 5.41 Å². The minimum Gasteiger partial charge on any atom is -0.0619 e. The van der Waals surface area contributed by atoms with Crippen LogP contribution in [-0.2, 0) is 5.41 Å². The molecule has 1 aliphatic carbocycles. The molecule has 0 aromatic heterocycles. The van der Waals surface area contributed by atoms with Crippen LogP contribution in [0.1, 0.15) is 48.9 Å². The van der Waals surface area contributed by atoms with Crippen molar-refractivity contribution in [2.45, 2.75) is 32.1 Å². The van der Waals surface area contributed by atoms with Crippen molar-refractivity contribution in [2.24, 2.45) is 0 Å². The lowest BCUT2D eigenvalue weighted by Gasteiger charge is -2.29. The van der Waals surface area contributed by atoms with Crippen LogP contribution in [0.3, 0.4) is 0 Å². The van der Waals surface area contributed by atoms with E-state index in [1.54, 1.807) is 0 Å². The van der Waals surface area contributed by atoms with Crippen molar-refractivity contribution in [2.75, 3.05) is 0 Å². The van der Waals surface area contributed by atoms with Crippen LogP contribution in [0.2, 0.25) is 0 Å². The van der Waals surface area contributed by atoms with Crippen molar-refractivity contribution in [3.63, 3.8) is 0 Å². The molecule has 0 saturated heterocycles. The Balaban J connectivity index is 2.02. The van der Waals surface area contributed by atoms with E-state index in [0.29, 0.717) is 5.92 Å². The number of fused-ring (bicyclic) bond motifs is 3. The van der Waals surface area contributed by atoms with Gasteiger partial charge in [0.1, 0.15) is 0 Å². The van der Waals surface area contributed by atoms with Crippen LogP contribution < -0.4 is 0 Å². The Labute approximate surface area is 138 Å². The van der Waals surface area contributed by atoms with Crippen molar-refractivity contribution in [1.82, 2.24) is 0 Å². The molecule has 0 amide bonds. The van der Waals surface area contributed by atoms with E-state index in [0.717, 1.165) is 0 Å². The number of hydrogen-bond acceptors (Lipinski definition) is 0. The van der Waals surface area contributed by atoms with Crippen LogP contribution in [0.4, 0.5) is 0 Å². The zero-order chi connectivity index (χ0) is 16.0. The second kappa shape index (κ2) is 5.09. The standard InChI is InChI=1S/C23H22/c1-16(2)17-9-8-10-18(15-17)23(3)21-13-6-4-11-19(21)20-12-5-7-14-22(20)23/h4-16H,1-3H3. The zero-order valence-electron chi connectivity index (χ0n) is 14.0. The van der Waals surface area contributed by atoms with E-state index in [1.165, 1.54) is 33.4 Å². The van der Waals surface area contributed by atoms with Gasteiger partial charge in [0.05, 0.1) is 0 Å². The Kier molecular flexibility index (Phi) is 3.16. The molecule has 0 N–H and O–H groups in total. The summed E-state index contributed by atoms with van der Waals surface area (Å²) >= 11 is 0. The van der Waals surface area contributed by atoms with Gasteiger partial charge in [0.25, 0.3) is 0 Å². The highest BCUT2D eigenvalue weighted by Crippen LogP contribution is 2.52. The van der Waals surface area contributed by atoms with Crippen LogP contribution >= 0.6 is 0 Å². The summed E-state index contributed by atoms with van der Waals surface area (Å²) in [7, 11) is 0. The summed E-state index contributed by atoms with van der Waals surface area (Å²) in [6, 6.07) is 26.8. The number of hydrogen-bond donors (Lipinski definition) is 0. The Bertz CT molecular complexity index is 825. The fourth-order valence-electron chi connectivity index (χ4n) is 3.97. The summed E-state index contributed by atoms with van der Waals surface area (Å²) in [5.41, 5.74) is 8.31. The molecule has 0 aliphatic heterocycles. The molecule has 0 heteroatoms. The van der Waals surface area contributed by atoms with Crippen LogP contribution in [0, 0.1) is 0 Å². The Morgan fingerprint density at radius 1 is 0.696 bits per heavy atom. The van der Waals surface area contributed by atoms with Gasteiger partial charge >= 0.3 is 0 Å². The molecule has 0 nitrogen and oxygen atoms in total. The van der Waals surface area contributed by atoms with Gasteiger partial charge < -0.3 is 0 Å². The zero-order valence-corrected chi connectivity index (χ0v) is 14.0. The summed E-state index contributed by atoms with van der Waals surface area (Å²) < 4.78 is 0. The third kappa shape index (κ3) is 1.98. The minimum absolute atomic E-state index is 0.0713. The van der Waals surface area contributed by atoms with Crippen LogP contribution in [0.5, 0.6) is 0 Å². The Morgan fingerprint density at radius 3 is 1.83 bits per heavy atom. The first kappa shape index (κ1) is 14.3. The normalized spacial score (nSPS) is 14.6. The van der Waals surface area contributed by atoms with Gasteiger partial charge in [0.2, 0.25) is 0 Å². The predicted molar refractivity (Wildman–Crippen MR) is 98.0 cm³/mol. The first-order valence-corrected chi connectivity index (χ1v) is 8.42. The maximum atomic E-state index is 2.39. The molecule has 23 heavy (non-hydrogen) atoms. The minimum atomic E-state index is -0.0713. The molecule has 0 fully saturated rings. The van der Waals surface area contributed by atoms with Crippen molar-refractivity contribution in [1.29, 1.82) is 0 Å². The van der Waals surface area contributed by atoms with Gasteiger partial charge in [-0.05, 0) is 46.2 Å². The molecule has 0 heterocycles. The lowest BCUT2D eigenvalue weighted by atomic mass is 9.73. The number of benzene rings is 3. The van der Waals surface area contributed by atoms with E-state index in [4.69, 9.17) is 0 Å². The fraction of sp³-hybridized carbons (Fsp3) is 0.217. The third-order valence-electron chi connectivity index (χ3n) is 5.35. The molecule has 0 radical (unpaired) electrons. The topological polar surface area (TPSA) is 0 Å². The second-order valence-corrected chi connectivity index (χ2v) is 7.00. The first-order chi connectivity index (χ1) is 11.1. The Hall–Kier alpha value is -2.34. The second-order valence-electron chi connectivity index (χ2n) is 7.00. The van der Waals surface area contributed by atoms with Crippen LogP contribution in [0.25, 0.3) is 11.1 Å². The molecule has 0 spiro atoms. The highest BCUT2D eigenvalue weighted by Gasteiger charge is 2.40. The Morgan fingerprint density at radius 2 is 1.26 bits per heavy atom. The largest absolute Gasteiger partial charge is 0.0619 e. The monoisotopic (exact) mass is 298 g/mol. The molecule has 3 aromatic rings. The van der Waals surface area contributed by atoms with Crippen LogP contribution in [0.15, 0.2) is 72.8 Å². The van der Waals surface area contributed by atoms with Gasteiger partial charge in [-0.2, -0.15) is 0 Å². The van der Waals surface area contributed by atoms with Gasteiger partial charge in [-0.1, -0.05) is 86.6 Å². The average molecular weight is 298 g/mol. The van der Waals surface area contributed by atoms with Gasteiger partial charge in [-0.3, -0.25) is 0 Å². The SMILES string of the molecule is CC(C)c1cccc(C2(C)c3ccccc3-c3ccccc32)c1. The molecule has 0 unspecified atom stereocenters. The van der Waals surface area contributed by atoms with E-state index in [1.807, 2.05) is 0 Å². The van der Waals surface area contributed by atoms with Gasteiger partial charge in [0.15, 0.2) is 0 Å². The molecule has 1 aliphatic rings. The van der Waals surface area contributed by atoms with E-state index < -0.39 is 0 Å². The maximum Gasteiger partial charge on any atom is 0.0435 e. The predicted octanol–water partition coefficient (Wildman–Crippen LogP) is 6.14. The average Bonchev–Trinajstić information content (AvgIpc) is 2.86.